The van der Waals surface area contributed by atoms with Gasteiger partial charge in [0.15, 0.2) is 0 Å². The number of nitrogens with two attached hydrogens (primary N) is 1. The Morgan fingerprint density at radius 1 is 1.00 bits per heavy atom. The number of fused-ring (bicyclic) bond motifs is 1. The van der Waals surface area contributed by atoms with Crippen LogP contribution in [-0.4, -0.2) is 4.98 Å². The summed E-state index contributed by atoms with van der Waals surface area (Å²) in [6, 6.07) is 15.5. The van der Waals surface area contributed by atoms with Crippen LogP contribution in [0, 0.1) is 0 Å². The lowest BCUT2D eigenvalue weighted by molar-refractivity contribution is 1.41. The molecule has 0 spiro atoms. The molecule has 0 fully saturated rings. The van der Waals surface area contributed by atoms with Gasteiger partial charge in [-0.2, -0.15) is 0 Å². The molecule has 1 aromatic heterocycles. The van der Waals surface area contributed by atoms with Crippen molar-refractivity contribution in [2.75, 3.05) is 5.73 Å². The van der Waals surface area contributed by atoms with Crippen LogP contribution in [0.4, 0.5) is 5.69 Å². The lowest BCUT2D eigenvalue weighted by Crippen LogP contribution is -1.90. The molecule has 0 unspecified atom stereocenters. The molecule has 3 rings (SSSR count). The number of rotatable bonds is 1. The van der Waals surface area contributed by atoms with Crippen molar-refractivity contribution in [3.63, 3.8) is 0 Å². The number of pyridine rings is 1. The van der Waals surface area contributed by atoms with Gasteiger partial charge >= 0.3 is 0 Å². The van der Waals surface area contributed by atoms with Crippen LogP contribution in [0.2, 0.25) is 5.02 Å². The molecule has 3 heteroatoms. The van der Waals surface area contributed by atoms with Crippen LogP contribution in [0.15, 0.2) is 54.7 Å². The Kier molecular flexibility index (Phi) is 2.65. The molecule has 0 atom stereocenters. The predicted molar refractivity (Wildman–Crippen MR) is 76.6 cm³/mol. The average Bonchev–Trinajstić information content (AvgIpc) is 2.41. The Morgan fingerprint density at radius 3 is 2.78 bits per heavy atom. The molecule has 2 nitrogen and oxygen atoms in total. The largest absolute Gasteiger partial charge is 0.398 e. The Morgan fingerprint density at radius 2 is 1.89 bits per heavy atom. The summed E-state index contributed by atoms with van der Waals surface area (Å²) < 4.78 is 0. The summed E-state index contributed by atoms with van der Waals surface area (Å²) in [4.78, 5) is 4.30. The monoisotopic (exact) mass is 254 g/mol. The summed E-state index contributed by atoms with van der Waals surface area (Å²) in [6.07, 6.45) is 1.79. The fourth-order valence-corrected chi connectivity index (χ4v) is 2.19. The van der Waals surface area contributed by atoms with Crippen molar-refractivity contribution in [3.8, 4) is 11.1 Å². The van der Waals surface area contributed by atoms with E-state index in [0.29, 0.717) is 5.02 Å². The van der Waals surface area contributed by atoms with Crippen molar-refractivity contribution >= 4 is 28.2 Å². The molecule has 1 heterocycles. The lowest BCUT2D eigenvalue weighted by atomic mass is 10.0. The third kappa shape index (κ3) is 1.91. The van der Waals surface area contributed by atoms with E-state index in [4.69, 9.17) is 17.3 Å². The summed E-state index contributed by atoms with van der Waals surface area (Å²) in [5.74, 6) is 0. The van der Waals surface area contributed by atoms with Crippen LogP contribution in [0.25, 0.3) is 22.0 Å². The van der Waals surface area contributed by atoms with Gasteiger partial charge in [0.2, 0.25) is 0 Å². The maximum absolute atomic E-state index is 6.02. The molecule has 88 valence electrons. The fraction of sp³-hybridized carbons (Fsp3) is 0. The summed E-state index contributed by atoms with van der Waals surface area (Å²) in [5, 5.41) is 1.78. The fourth-order valence-electron chi connectivity index (χ4n) is 2.02. The first-order valence-corrected chi connectivity index (χ1v) is 6.02. The van der Waals surface area contributed by atoms with Gasteiger partial charge in [0, 0.05) is 27.9 Å². The highest BCUT2D eigenvalue weighted by Crippen LogP contribution is 2.30. The second-order valence-electron chi connectivity index (χ2n) is 4.14. The van der Waals surface area contributed by atoms with Crippen molar-refractivity contribution in [2.45, 2.75) is 0 Å². The third-order valence-corrected chi connectivity index (χ3v) is 3.16. The Hall–Kier alpha value is -2.06. The molecule has 0 bridgehead atoms. The first-order chi connectivity index (χ1) is 8.74. The molecule has 0 aliphatic carbocycles. The quantitative estimate of drug-likeness (QED) is 0.663. The van der Waals surface area contributed by atoms with Gasteiger partial charge in [-0.15, -0.1) is 0 Å². The van der Waals surface area contributed by atoms with Crippen molar-refractivity contribution in [2.24, 2.45) is 0 Å². The number of anilines is 1. The normalized spacial score (nSPS) is 10.7. The van der Waals surface area contributed by atoms with Crippen LogP contribution in [-0.2, 0) is 0 Å². The van der Waals surface area contributed by atoms with Gasteiger partial charge in [0.25, 0.3) is 0 Å². The summed E-state index contributed by atoms with van der Waals surface area (Å²) >= 11 is 6.02. The van der Waals surface area contributed by atoms with Crippen molar-refractivity contribution in [3.05, 3.63) is 59.8 Å². The minimum absolute atomic E-state index is 0.686. The van der Waals surface area contributed by atoms with E-state index < -0.39 is 0 Å². The number of nitrogens with zero attached hydrogens (tertiary/aromatic N) is 1. The number of hydrogen-bond acceptors (Lipinski definition) is 2. The van der Waals surface area contributed by atoms with E-state index in [-0.39, 0.29) is 0 Å². The van der Waals surface area contributed by atoms with E-state index in [1.54, 1.807) is 12.3 Å². The smallest absolute Gasteiger partial charge is 0.0702 e. The SMILES string of the molecule is Nc1ccc(Cl)cc1-c1ccc2ncccc2c1. The second-order valence-corrected chi connectivity index (χ2v) is 4.58. The van der Waals surface area contributed by atoms with Crippen LogP contribution < -0.4 is 5.73 Å². The van der Waals surface area contributed by atoms with Gasteiger partial charge in [0.1, 0.15) is 0 Å². The molecule has 18 heavy (non-hydrogen) atoms. The van der Waals surface area contributed by atoms with E-state index in [0.717, 1.165) is 27.7 Å². The maximum Gasteiger partial charge on any atom is 0.0702 e. The van der Waals surface area contributed by atoms with E-state index in [9.17, 15) is 0 Å². The van der Waals surface area contributed by atoms with Crippen molar-refractivity contribution in [1.29, 1.82) is 0 Å². The zero-order chi connectivity index (χ0) is 12.5. The molecule has 0 amide bonds. The van der Waals surface area contributed by atoms with Gasteiger partial charge in [-0.3, -0.25) is 4.98 Å². The molecular weight excluding hydrogens is 244 g/mol. The molecule has 0 saturated carbocycles. The number of benzene rings is 2. The van der Waals surface area contributed by atoms with Crippen molar-refractivity contribution < 1.29 is 0 Å². The highest BCUT2D eigenvalue weighted by molar-refractivity contribution is 6.31. The summed E-state index contributed by atoms with van der Waals surface area (Å²) in [6.45, 7) is 0. The maximum atomic E-state index is 6.02. The van der Waals surface area contributed by atoms with Gasteiger partial charge in [-0.25, -0.2) is 0 Å². The average molecular weight is 255 g/mol. The minimum atomic E-state index is 0.686. The second kappa shape index (κ2) is 4.31. The third-order valence-electron chi connectivity index (χ3n) is 2.93. The van der Waals surface area contributed by atoms with E-state index in [1.165, 1.54) is 0 Å². The minimum Gasteiger partial charge on any atom is -0.398 e. The van der Waals surface area contributed by atoms with Crippen LogP contribution in [0.3, 0.4) is 0 Å². The van der Waals surface area contributed by atoms with Crippen LogP contribution >= 0.6 is 11.6 Å². The Labute approximate surface area is 110 Å². The van der Waals surface area contributed by atoms with E-state index in [2.05, 4.69) is 11.1 Å². The Balaban J connectivity index is 2.22. The van der Waals surface area contributed by atoms with Crippen LogP contribution in [0.5, 0.6) is 0 Å². The topological polar surface area (TPSA) is 38.9 Å². The molecule has 0 aliphatic rings. The molecule has 2 N–H and O–H groups in total. The first kappa shape index (κ1) is 11.1. The molecule has 0 aliphatic heterocycles. The number of aromatic nitrogens is 1. The van der Waals surface area contributed by atoms with Gasteiger partial charge < -0.3 is 5.73 Å². The molecule has 2 aromatic carbocycles. The highest BCUT2D eigenvalue weighted by atomic mass is 35.5. The standard InChI is InChI=1S/C15H11ClN2/c16-12-4-5-14(17)13(9-12)10-3-6-15-11(8-10)2-1-7-18-15/h1-9H,17H2. The lowest BCUT2D eigenvalue weighted by Gasteiger charge is -2.07. The summed E-state index contributed by atoms with van der Waals surface area (Å²) in [7, 11) is 0. The molecule has 0 radical (unpaired) electrons. The first-order valence-electron chi connectivity index (χ1n) is 5.64. The zero-order valence-corrected chi connectivity index (χ0v) is 10.4. The predicted octanol–water partition coefficient (Wildman–Crippen LogP) is 4.14. The number of halogens is 1. The van der Waals surface area contributed by atoms with Crippen LogP contribution in [0.1, 0.15) is 0 Å². The van der Waals surface area contributed by atoms with Gasteiger partial charge in [-0.05, 0) is 42.0 Å². The van der Waals surface area contributed by atoms with Gasteiger partial charge in [-0.1, -0.05) is 23.7 Å². The Bertz CT molecular complexity index is 723. The summed E-state index contributed by atoms with van der Waals surface area (Å²) in [5.41, 5.74) is 9.69. The van der Waals surface area contributed by atoms with E-state index >= 15 is 0 Å². The van der Waals surface area contributed by atoms with Crippen molar-refractivity contribution in [1.82, 2.24) is 4.98 Å². The van der Waals surface area contributed by atoms with Gasteiger partial charge in [0.05, 0.1) is 5.52 Å². The number of nitrogen functional groups attached to an aromatic ring is 1. The highest BCUT2D eigenvalue weighted by Gasteiger charge is 2.04. The zero-order valence-electron chi connectivity index (χ0n) is 9.60. The molecular formula is C15H11ClN2. The molecule has 0 saturated heterocycles. The number of hydrogen-bond donors (Lipinski definition) is 1. The van der Waals surface area contributed by atoms with E-state index in [1.807, 2.05) is 36.4 Å². The molecule has 3 aromatic rings.